The largest absolute Gasteiger partial charge is 0.422 e. The van der Waals surface area contributed by atoms with Gasteiger partial charge in [0.25, 0.3) is 0 Å². The number of hydrogen-bond donors (Lipinski definition) is 1. The third-order valence-electron chi connectivity index (χ3n) is 4.00. The van der Waals surface area contributed by atoms with E-state index in [4.69, 9.17) is 9.83 Å². The molecule has 0 radical (unpaired) electrons. The number of rotatable bonds is 7. The lowest BCUT2D eigenvalue weighted by Gasteiger charge is -2.20. The van der Waals surface area contributed by atoms with Crippen LogP contribution in [0.5, 0.6) is 0 Å². The van der Waals surface area contributed by atoms with Crippen molar-refractivity contribution in [2.24, 2.45) is 0 Å². The molecule has 0 aliphatic rings. The fourth-order valence-corrected chi connectivity index (χ4v) is 3.15. The van der Waals surface area contributed by atoms with Gasteiger partial charge in [-0.2, -0.15) is 0 Å². The lowest BCUT2D eigenvalue weighted by molar-refractivity contribution is 0.559. The molecule has 26 heavy (non-hydrogen) atoms. The smallest absolute Gasteiger partial charge is 0.343 e. The van der Waals surface area contributed by atoms with Gasteiger partial charge in [0.1, 0.15) is 5.58 Å². The van der Waals surface area contributed by atoms with Crippen molar-refractivity contribution in [1.29, 1.82) is 5.41 Å². The van der Waals surface area contributed by atoms with Gasteiger partial charge in [0.05, 0.1) is 10.6 Å². The number of benzene rings is 1. The van der Waals surface area contributed by atoms with Crippen molar-refractivity contribution in [3.05, 3.63) is 70.0 Å². The van der Waals surface area contributed by atoms with Crippen molar-refractivity contribution in [2.45, 2.75) is 20.8 Å². The second-order valence-electron chi connectivity index (χ2n) is 5.58. The fourth-order valence-electron chi connectivity index (χ4n) is 2.56. The zero-order valence-electron chi connectivity index (χ0n) is 15.4. The van der Waals surface area contributed by atoms with E-state index in [9.17, 15) is 4.79 Å². The van der Waals surface area contributed by atoms with Crippen LogP contribution in [0.15, 0.2) is 63.2 Å². The Bertz CT molecular complexity index is 921. The zero-order valence-corrected chi connectivity index (χ0v) is 16.2. The molecule has 0 saturated heterocycles. The highest BCUT2D eigenvalue weighted by atomic mass is 32.2. The maximum atomic E-state index is 12.3. The van der Waals surface area contributed by atoms with Crippen molar-refractivity contribution in [3.8, 4) is 0 Å². The lowest BCUT2D eigenvalue weighted by Crippen LogP contribution is -2.21. The van der Waals surface area contributed by atoms with Crippen LogP contribution in [0.3, 0.4) is 0 Å². The van der Waals surface area contributed by atoms with Gasteiger partial charge in [0.2, 0.25) is 0 Å². The van der Waals surface area contributed by atoms with E-state index in [0.29, 0.717) is 16.2 Å². The van der Waals surface area contributed by atoms with E-state index in [1.165, 1.54) is 11.8 Å². The molecule has 1 N–H and O–H groups in total. The third kappa shape index (κ3) is 4.76. The summed E-state index contributed by atoms with van der Waals surface area (Å²) in [5.74, 6) is 0. The van der Waals surface area contributed by atoms with Gasteiger partial charge in [-0.15, -0.1) is 0 Å². The Morgan fingerprint density at radius 2 is 2.04 bits per heavy atom. The average molecular weight is 369 g/mol. The first kappa shape index (κ1) is 19.8. The van der Waals surface area contributed by atoms with Crippen LogP contribution >= 0.6 is 11.8 Å². The van der Waals surface area contributed by atoms with Crippen LogP contribution in [0.2, 0.25) is 0 Å². The van der Waals surface area contributed by atoms with Crippen molar-refractivity contribution in [3.63, 3.8) is 0 Å². The molecule has 4 nitrogen and oxygen atoms in total. The van der Waals surface area contributed by atoms with Crippen LogP contribution in [0.25, 0.3) is 17.0 Å². The molecule has 1 aromatic carbocycles. The summed E-state index contributed by atoms with van der Waals surface area (Å²) in [7, 11) is 0. The summed E-state index contributed by atoms with van der Waals surface area (Å²) < 4.78 is 5.49. The monoisotopic (exact) mass is 368 g/mol. The van der Waals surface area contributed by atoms with Gasteiger partial charge < -0.3 is 9.32 Å². The van der Waals surface area contributed by atoms with Crippen LogP contribution in [0, 0.1) is 5.41 Å². The molecule has 136 valence electrons. The van der Waals surface area contributed by atoms with Gasteiger partial charge in [-0.1, -0.05) is 30.5 Å². The molecule has 0 atom stereocenters. The van der Waals surface area contributed by atoms with Crippen LogP contribution in [-0.2, 0) is 0 Å². The molecular weight excluding hydrogens is 344 g/mol. The summed E-state index contributed by atoms with van der Waals surface area (Å²) in [5.41, 5.74) is 1.64. The molecule has 0 amide bonds. The van der Waals surface area contributed by atoms with E-state index in [1.807, 2.05) is 31.2 Å². The third-order valence-corrected chi connectivity index (χ3v) is 5.00. The standard InChI is InChI=1S/C21H24N2O2S/c1-5-18(6-2)26-20(22)12-10-16-13-15-9-11-17(23(7-3)8-4)14-19(15)25-21(16)24/h5-6,9-14,22H,1,7-8H2,2-4H3/b12-10+,18-6+,22-20?. The quantitative estimate of drug-likeness (QED) is 0.305. The van der Waals surface area contributed by atoms with Crippen molar-refractivity contribution in [2.75, 3.05) is 18.0 Å². The van der Waals surface area contributed by atoms with Crippen LogP contribution in [-0.4, -0.2) is 18.1 Å². The van der Waals surface area contributed by atoms with E-state index in [-0.39, 0.29) is 0 Å². The molecule has 2 aromatic rings. The molecule has 1 aromatic heterocycles. The van der Waals surface area contributed by atoms with Crippen molar-refractivity contribution in [1.82, 2.24) is 0 Å². The number of anilines is 1. The zero-order chi connectivity index (χ0) is 19.1. The highest BCUT2D eigenvalue weighted by Crippen LogP contribution is 2.23. The Labute approximate surface area is 158 Å². The summed E-state index contributed by atoms with van der Waals surface area (Å²) in [6, 6.07) is 7.69. The molecule has 5 heteroatoms. The predicted octanol–water partition coefficient (Wildman–Crippen LogP) is 5.45. The number of nitrogens with one attached hydrogen (secondary N) is 1. The topological polar surface area (TPSA) is 57.3 Å². The highest BCUT2D eigenvalue weighted by Gasteiger charge is 2.07. The van der Waals surface area contributed by atoms with E-state index in [0.717, 1.165) is 29.1 Å². The number of allylic oxidation sites excluding steroid dienone is 2. The number of nitrogens with zero attached hydrogens (tertiary/aromatic N) is 1. The Kier molecular flexibility index (Phi) is 7.04. The van der Waals surface area contributed by atoms with E-state index in [1.54, 1.807) is 24.3 Å². The Balaban J connectivity index is 2.30. The summed E-state index contributed by atoms with van der Waals surface area (Å²) in [4.78, 5) is 15.4. The van der Waals surface area contributed by atoms with Gasteiger partial charge in [-0.3, -0.25) is 5.41 Å². The van der Waals surface area contributed by atoms with Gasteiger partial charge in [-0.05, 0) is 51.1 Å². The minimum Gasteiger partial charge on any atom is -0.422 e. The molecule has 0 fully saturated rings. The molecule has 0 aliphatic heterocycles. The SMILES string of the molecule is C=C/C(=C\C)SC(=N)/C=C/c1cc2ccc(N(CC)CC)cc2oc1=O. The maximum Gasteiger partial charge on any atom is 0.343 e. The van der Waals surface area contributed by atoms with E-state index >= 15 is 0 Å². The summed E-state index contributed by atoms with van der Waals surface area (Å²) in [6.45, 7) is 11.6. The van der Waals surface area contributed by atoms with Crippen LogP contribution in [0.1, 0.15) is 26.3 Å². The Morgan fingerprint density at radius 3 is 2.65 bits per heavy atom. The summed E-state index contributed by atoms with van der Waals surface area (Å²) in [6.07, 6.45) is 6.80. The highest BCUT2D eigenvalue weighted by molar-refractivity contribution is 8.17. The van der Waals surface area contributed by atoms with Crippen LogP contribution < -0.4 is 10.5 Å². The molecular formula is C21H24N2O2S. The first-order valence-corrected chi connectivity index (χ1v) is 9.40. The summed E-state index contributed by atoms with van der Waals surface area (Å²) >= 11 is 1.28. The van der Waals surface area contributed by atoms with Crippen LogP contribution in [0.4, 0.5) is 5.69 Å². The fraction of sp³-hybridized carbons (Fsp3) is 0.238. The normalized spacial score (nSPS) is 11.9. The molecule has 0 unspecified atom stereocenters. The molecule has 0 bridgehead atoms. The second-order valence-corrected chi connectivity index (χ2v) is 6.69. The molecule has 0 aliphatic carbocycles. The van der Waals surface area contributed by atoms with Gasteiger partial charge in [-0.25, -0.2) is 4.79 Å². The first-order chi connectivity index (χ1) is 12.5. The first-order valence-electron chi connectivity index (χ1n) is 8.58. The Morgan fingerprint density at radius 1 is 1.31 bits per heavy atom. The van der Waals surface area contributed by atoms with Gasteiger partial charge in [0.15, 0.2) is 0 Å². The van der Waals surface area contributed by atoms with Crippen molar-refractivity contribution < 1.29 is 4.42 Å². The summed E-state index contributed by atoms with van der Waals surface area (Å²) in [5, 5.41) is 9.16. The van der Waals surface area contributed by atoms with Gasteiger partial charge in [0, 0.05) is 35.1 Å². The molecule has 1 heterocycles. The average Bonchev–Trinajstić information content (AvgIpc) is 2.65. The maximum absolute atomic E-state index is 12.3. The number of fused-ring (bicyclic) bond motifs is 1. The minimum atomic E-state index is -0.404. The van der Waals surface area contributed by atoms with Crippen molar-refractivity contribution >= 4 is 39.5 Å². The Hall–Kier alpha value is -2.53. The molecule has 0 spiro atoms. The lowest BCUT2D eigenvalue weighted by atomic mass is 10.1. The van der Waals surface area contributed by atoms with E-state index < -0.39 is 5.63 Å². The van der Waals surface area contributed by atoms with E-state index in [2.05, 4.69) is 25.3 Å². The number of thioether (sulfide) groups is 1. The predicted molar refractivity (Wildman–Crippen MR) is 114 cm³/mol. The minimum absolute atomic E-state index is 0.328. The second kappa shape index (κ2) is 9.25. The molecule has 0 saturated carbocycles. The number of hydrogen-bond acceptors (Lipinski definition) is 5. The van der Waals surface area contributed by atoms with Gasteiger partial charge >= 0.3 is 5.63 Å². The molecule has 2 rings (SSSR count).